The molecule has 42 heavy (non-hydrogen) atoms. The van der Waals surface area contributed by atoms with Crippen LogP contribution in [-0.2, 0) is 31.3 Å². The first kappa shape index (κ1) is 28.6. The SMILES string of the molecule is Cc1ccc(Cn2nnc3c(=O)[nH]c(C4CCN(S(=O)(=O)c5ccc(S(=O)(=O)N6CCOCC6)cc5)CC4)nc32)cc1. The Morgan fingerprint density at radius 2 is 1.43 bits per heavy atom. The minimum Gasteiger partial charge on any atom is -0.379 e. The number of nitrogens with zero attached hydrogens (tertiary/aromatic N) is 6. The molecule has 2 aliphatic heterocycles. The maximum absolute atomic E-state index is 13.4. The molecule has 0 aliphatic carbocycles. The first-order valence-corrected chi connectivity index (χ1v) is 16.6. The number of ether oxygens (including phenoxy) is 1. The number of rotatable bonds is 7. The summed E-state index contributed by atoms with van der Waals surface area (Å²) in [6.07, 6.45) is 0.910. The van der Waals surface area contributed by atoms with Crippen molar-refractivity contribution in [2.75, 3.05) is 39.4 Å². The molecular formula is C27H31N7O6S2. The summed E-state index contributed by atoms with van der Waals surface area (Å²) in [4.78, 5) is 20.4. The van der Waals surface area contributed by atoms with Crippen LogP contribution in [0.2, 0.25) is 0 Å². The summed E-state index contributed by atoms with van der Waals surface area (Å²) < 4.78 is 62.1. The maximum atomic E-state index is 13.4. The highest BCUT2D eigenvalue weighted by Crippen LogP contribution is 2.30. The molecule has 2 aromatic carbocycles. The van der Waals surface area contributed by atoms with Crippen LogP contribution in [0, 0.1) is 6.92 Å². The summed E-state index contributed by atoms with van der Waals surface area (Å²) in [6.45, 7) is 4.04. The highest BCUT2D eigenvalue weighted by Gasteiger charge is 2.32. The third-order valence-corrected chi connectivity index (χ3v) is 11.6. The van der Waals surface area contributed by atoms with E-state index in [9.17, 15) is 21.6 Å². The van der Waals surface area contributed by atoms with E-state index in [0.717, 1.165) is 11.1 Å². The molecule has 0 saturated carbocycles. The molecule has 0 atom stereocenters. The lowest BCUT2D eigenvalue weighted by Crippen LogP contribution is -2.40. The van der Waals surface area contributed by atoms with E-state index in [-0.39, 0.29) is 53.0 Å². The molecule has 1 N–H and O–H groups in total. The van der Waals surface area contributed by atoms with Crippen LogP contribution in [0.5, 0.6) is 0 Å². The molecule has 4 heterocycles. The number of aromatic nitrogens is 5. The Kier molecular flexibility index (Phi) is 7.70. The molecule has 15 heteroatoms. The zero-order valence-electron chi connectivity index (χ0n) is 23.0. The van der Waals surface area contributed by atoms with Gasteiger partial charge in [-0.3, -0.25) is 4.79 Å². The summed E-state index contributed by atoms with van der Waals surface area (Å²) in [5.74, 6) is 0.326. The molecule has 2 fully saturated rings. The molecule has 2 aliphatic rings. The van der Waals surface area contributed by atoms with Crippen LogP contribution in [-0.4, -0.2) is 89.8 Å². The quantitative estimate of drug-likeness (QED) is 0.325. The molecule has 2 saturated heterocycles. The Morgan fingerprint density at radius 1 is 0.857 bits per heavy atom. The molecule has 0 spiro atoms. The van der Waals surface area contributed by atoms with E-state index in [4.69, 9.17) is 9.72 Å². The predicted octanol–water partition coefficient (Wildman–Crippen LogP) is 1.46. The Balaban J connectivity index is 1.16. The van der Waals surface area contributed by atoms with Crippen molar-refractivity contribution in [2.45, 2.75) is 42.0 Å². The fourth-order valence-electron chi connectivity index (χ4n) is 5.29. The second kappa shape index (κ2) is 11.3. The van der Waals surface area contributed by atoms with Crippen LogP contribution in [0.4, 0.5) is 0 Å². The highest BCUT2D eigenvalue weighted by atomic mass is 32.2. The van der Waals surface area contributed by atoms with E-state index in [1.165, 1.54) is 32.9 Å². The van der Waals surface area contributed by atoms with Gasteiger partial charge >= 0.3 is 0 Å². The number of sulfonamides is 2. The lowest BCUT2D eigenvalue weighted by molar-refractivity contribution is 0.0730. The predicted molar refractivity (Wildman–Crippen MR) is 153 cm³/mol. The lowest BCUT2D eigenvalue weighted by atomic mass is 9.97. The standard InChI is InChI=1S/C27H31N7O6S2/c1-19-2-4-20(5-3-19)18-34-26-24(30-31-34)27(35)29-25(28-26)21-10-12-32(13-11-21)41(36,37)22-6-8-23(9-7-22)42(38,39)33-14-16-40-17-15-33/h2-9,21H,10-18H2,1H3,(H,28,29,35). The van der Waals surface area contributed by atoms with E-state index < -0.39 is 20.0 Å². The molecule has 222 valence electrons. The van der Waals surface area contributed by atoms with Crippen molar-refractivity contribution in [2.24, 2.45) is 0 Å². The van der Waals surface area contributed by atoms with Gasteiger partial charge in [0, 0.05) is 32.1 Å². The number of aryl methyl sites for hydroxylation is 1. The monoisotopic (exact) mass is 613 g/mol. The summed E-state index contributed by atoms with van der Waals surface area (Å²) in [6, 6.07) is 13.3. The molecule has 2 aromatic heterocycles. The van der Waals surface area contributed by atoms with Crippen molar-refractivity contribution in [3.63, 3.8) is 0 Å². The number of aromatic amines is 1. The Hall–Kier alpha value is -3.50. The van der Waals surface area contributed by atoms with E-state index in [1.807, 2.05) is 31.2 Å². The first-order valence-electron chi connectivity index (χ1n) is 13.7. The normalized spacial score (nSPS) is 18.0. The van der Waals surface area contributed by atoms with E-state index in [1.54, 1.807) is 4.68 Å². The van der Waals surface area contributed by atoms with Crippen molar-refractivity contribution < 1.29 is 21.6 Å². The van der Waals surface area contributed by atoms with Gasteiger partial charge in [0.1, 0.15) is 5.82 Å². The van der Waals surface area contributed by atoms with Gasteiger partial charge in [0.05, 0.1) is 29.5 Å². The highest BCUT2D eigenvalue weighted by molar-refractivity contribution is 7.89. The number of hydrogen-bond acceptors (Lipinski definition) is 9. The molecule has 4 aromatic rings. The minimum absolute atomic E-state index is 0.0286. The number of nitrogens with one attached hydrogen (secondary N) is 1. The molecule has 0 bridgehead atoms. The summed E-state index contributed by atoms with van der Waals surface area (Å²) in [7, 11) is -7.57. The largest absolute Gasteiger partial charge is 0.379 e. The Labute approximate surface area is 243 Å². The molecule has 0 unspecified atom stereocenters. The van der Waals surface area contributed by atoms with Gasteiger partial charge in [-0.15, -0.1) is 5.10 Å². The van der Waals surface area contributed by atoms with Crippen LogP contribution < -0.4 is 5.56 Å². The lowest BCUT2D eigenvalue weighted by Gasteiger charge is -2.30. The number of H-pyrrole nitrogens is 1. The van der Waals surface area contributed by atoms with Gasteiger partial charge in [-0.2, -0.15) is 8.61 Å². The third kappa shape index (κ3) is 5.49. The van der Waals surface area contributed by atoms with Crippen LogP contribution >= 0.6 is 0 Å². The molecule has 13 nitrogen and oxygen atoms in total. The van der Waals surface area contributed by atoms with Crippen LogP contribution in [0.3, 0.4) is 0 Å². The van der Waals surface area contributed by atoms with Gasteiger partial charge in [0.15, 0.2) is 11.2 Å². The molecule has 6 rings (SSSR count). The average molecular weight is 614 g/mol. The fourth-order valence-corrected chi connectivity index (χ4v) is 8.17. The molecule has 0 radical (unpaired) electrons. The fraction of sp³-hybridized carbons (Fsp3) is 0.407. The topological polar surface area (TPSA) is 160 Å². The first-order chi connectivity index (χ1) is 20.1. The van der Waals surface area contributed by atoms with E-state index in [2.05, 4.69) is 15.3 Å². The van der Waals surface area contributed by atoms with Gasteiger partial charge in [-0.25, -0.2) is 26.5 Å². The van der Waals surface area contributed by atoms with Crippen molar-refractivity contribution in [3.8, 4) is 0 Å². The van der Waals surface area contributed by atoms with E-state index >= 15 is 0 Å². The number of morpholine rings is 1. The van der Waals surface area contributed by atoms with Crippen molar-refractivity contribution >= 4 is 31.2 Å². The summed E-state index contributed by atoms with van der Waals surface area (Å²) >= 11 is 0. The van der Waals surface area contributed by atoms with Gasteiger partial charge in [0.2, 0.25) is 20.0 Å². The van der Waals surface area contributed by atoms with Gasteiger partial charge in [-0.1, -0.05) is 35.0 Å². The second-order valence-corrected chi connectivity index (χ2v) is 14.4. The zero-order chi connectivity index (χ0) is 29.5. The zero-order valence-corrected chi connectivity index (χ0v) is 24.6. The van der Waals surface area contributed by atoms with Crippen LogP contribution in [0.15, 0.2) is 63.1 Å². The molecule has 0 amide bonds. The van der Waals surface area contributed by atoms with Gasteiger partial charge < -0.3 is 9.72 Å². The Morgan fingerprint density at radius 3 is 2.02 bits per heavy atom. The Bertz CT molecular complexity index is 1860. The number of benzene rings is 2. The smallest absolute Gasteiger partial charge is 0.281 e. The van der Waals surface area contributed by atoms with Gasteiger partial charge in [0.25, 0.3) is 5.56 Å². The summed E-state index contributed by atoms with van der Waals surface area (Å²) in [5.41, 5.74) is 2.30. The molecular weight excluding hydrogens is 582 g/mol. The number of piperidine rings is 1. The average Bonchev–Trinajstić information content (AvgIpc) is 3.42. The van der Waals surface area contributed by atoms with Crippen LogP contribution in [0.25, 0.3) is 11.2 Å². The van der Waals surface area contributed by atoms with Gasteiger partial charge in [-0.05, 0) is 49.6 Å². The van der Waals surface area contributed by atoms with Crippen molar-refractivity contribution in [3.05, 3.63) is 75.8 Å². The summed E-state index contributed by atoms with van der Waals surface area (Å²) in [5, 5.41) is 8.15. The number of fused-ring (bicyclic) bond motifs is 1. The second-order valence-electron chi connectivity index (χ2n) is 10.5. The van der Waals surface area contributed by atoms with Crippen molar-refractivity contribution in [1.82, 2.24) is 33.6 Å². The van der Waals surface area contributed by atoms with E-state index in [0.29, 0.717) is 44.1 Å². The van der Waals surface area contributed by atoms with Crippen LogP contribution in [0.1, 0.15) is 35.7 Å². The van der Waals surface area contributed by atoms with Crippen molar-refractivity contribution in [1.29, 1.82) is 0 Å². The third-order valence-electron chi connectivity index (χ3n) is 7.75. The maximum Gasteiger partial charge on any atom is 0.281 e. The number of hydrogen-bond donors (Lipinski definition) is 1. The minimum atomic E-state index is -3.84.